The van der Waals surface area contributed by atoms with Crippen LogP contribution in [-0.4, -0.2) is 33.7 Å². The van der Waals surface area contributed by atoms with Crippen molar-refractivity contribution in [3.05, 3.63) is 23.4 Å². The van der Waals surface area contributed by atoms with E-state index in [9.17, 15) is 4.79 Å². The lowest BCUT2D eigenvalue weighted by atomic mass is 10.0. The van der Waals surface area contributed by atoms with Crippen LogP contribution in [0.4, 0.5) is 5.95 Å². The molecule has 1 atom stereocenters. The molecule has 1 unspecified atom stereocenters. The minimum absolute atomic E-state index is 0.324. The molecule has 7 heteroatoms. The molecule has 2 aromatic heterocycles. The smallest absolute Gasteiger partial charge is 0.328 e. The molecule has 0 saturated carbocycles. The molecule has 0 aromatic carbocycles. The number of carbonyl (C=O) groups excluding carboxylic acids is 1. The molecule has 0 aliphatic carbocycles. The molecular formula is C13H17ClN4O2. The summed E-state index contributed by atoms with van der Waals surface area (Å²) in [5.41, 5.74) is 0.657. The van der Waals surface area contributed by atoms with Gasteiger partial charge in [0.15, 0.2) is 5.65 Å². The van der Waals surface area contributed by atoms with Gasteiger partial charge in [-0.15, -0.1) is 5.10 Å². The van der Waals surface area contributed by atoms with Crippen LogP contribution in [0.3, 0.4) is 0 Å². The Morgan fingerprint density at radius 3 is 2.90 bits per heavy atom. The topological polar surface area (TPSA) is 68.5 Å². The molecule has 20 heavy (non-hydrogen) atoms. The standard InChI is InChI=1S/C13H17ClN4O2/c1-8(2)6-10(12(19)20-3)15-13-16-11-5-4-9(14)7-18(11)17-13/h4-5,7-8,10H,6H2,1-3H3,(H,15,17). The Hall–Kier alpha value is -1.82. The van der Waals surface area contributed by atoms with Crippen molar-refractivity contribution in [2.24, 2.45) is 5.92 Å². The fraction of sp³-hybridized carbons (Fsp3) is 0.462. The molecule has 2 aromatic rings. The summed E-state index contributed by atoms with van der Waals surface area (Å²) in [4.78, 5) is 16.0. The van der Waals surface area contributed by atoms with Gasteiger partial charge < -0.3 is 10.1 Å². The predicted molar refractivity (Wildman–Crippen MR) is 76.9 cm³/mol. The van der Waals surface area contributed by atoms with Crippen LogP contribution in [0.5, 0.6) is 0 Å². The number of halogens is 1. The van der Waals surface area contributed by atoms with E-state index in [-0.39, 0.29) is 5.97 Å². The van der Waals surface area contributed by atoms with Crippen LogP contribution in [0.15, 0.2) is 18.3 Å². The van der Waals surface area contributed by atoms with Gasteiger partial charge in [0.2, 0.25) is 5.95 Å². The Labute approximate surface area is 122 Å². The third-order valence-corrected chi connectivity index (χ3v) is 3.01. The lowest BCUT2D eigenvalue weighted by Crippen LogP contribution is -2.32. The maximum atomic E-state index is 11.8. The van der Waals surface area contributed by atoms with Gasteiger partial charge >= 0.3 is 5.97 Å². The number of ether oxygens (including phenoxy) is 1. The molecule has 2 heterocycles. The monoisotopic (exact) mass is 296 g/mol. The van der Waals surface area contributed by atoms with Gasteiger partial charge in [-0.1, -0.05) is 25.4 Å². The largest absolute Gasteiger partial charge is 0.467 e. The van der Waals surface area contributed by atoms with Crippen molar-refractivity contribution in [2.75, 3.05) is 12.4 Å². The Bertz CT molecular complexity index is 611. The van der Waals surface area contributed by atoms with Crippen molar-refractivity contribution in [1.29, 1.82) is 0 Å². The van der Waals surface area contributed by atoms with Crippen molar-refractivity contribution in [2.45, 2.75) is 26.3 Å². The maximum Gasteiger partial charge on any atom is 0.328 e. The third-order valence-electron chi connectivity index (χ3n) is 2.79. The average molecular weight is 297 g/mol. The Balaban J connectivity index is 2.21. The number of rotatable bonds is 5. The van der Waals surface area contributed by atoms with E-state index >= 15 is 0 Å². The molecule has 0 spiro atoms. The Morgan fingerprint density at radius 2 is 2.25 bits per heavy atom. The number of esters is 1. The summed E-state index contributed by atoms with van der Waals surface area (Å²) in [5, 5.41) is 7.82. The molecule has 1 N–H and O–H groups in total. The minimum Gasteiger partial charge on any atom is -0.467 e. The van der Waals surface area contributed by atoms with Crippen LogP contribution in [0.2, 0.25) is 5.02 Å². The average Bonchev–Trinajstić information content (AvgIpc) is 2.77. The first-order valence-electron chi connectivity index (χ1n) is 6.36. The van der Waals surface area contributed by atoms with Gasteiger partial charge in [0.05, 0.1) is 12.1 Å². The molecule has 6 nitrogen and oxygen atoms in total. The number of hydrogen-bond donors (Lipinski definition) is 1. The van der Waals surface area contributed by atoms with E-state index < -0.39 is 6.04 Å². The summed E-state index contributed by atoms with van der Waals surface area (Å²) in [5.74, 6) is 0.400. The van der Waals surface area contributed by atoms with Crippen LogP contribution in [-0.2, 0) is 9.53 Å². The maximum absolute atomic E-state index is 11.8. The van der Waals surface area contributed by atoms with Crippen LogP contribution in [0.1, 0.15) is 20.3 Å². The highest BCUT2D eigenvalue weighted by Gasteiger charge is 2.22. The molecule has 0 aliphatic rings. The summed E-state index contributed by atoms with van der Waals surface area (Å²) in [6.07, 6.45) is 2.30. The van der Waals surface area contributed by atoms with Gasteiger partial charge in [-0.3, -0.25) is 0 Å². The van der Waals surface area contributed by atoms with Crippen LogP contribution in [0.25, 0.3) is 5.65 Å². The highest BCUT2D eigenvalue weighted by atomic mass is 35.5. The molecule has 2 rings (SSSR count). The van der Waals surface area contributed by atoms with Crippen LogP contribution < -0.4 is 5.32 Å². The summed E-state index contributed by atoms with van der Waals surface area (Å²) in [7, 11) is 1.37. The number of nitrogens with zero attached hydrogens (tertiary/aromatic N) is 3. The van der Waals surface area contributed by atoms with Gasteiger partial charge in [0.1, 0.15) is 6.04 Å². The molecule has 0 fully saturated rings. The Kier molecular flexibility index (Phi) is 4.44. The third kappa shape index (κ3) is 3.39. The molecule has 0 saturated heterocycles. The van der Waals surface area contributed by atoms with Crippen molar-refractivity contribution in [3.8, 4) is 0 Å². The van der Waals surface area contributed by atoms with Gasteiger partial charge in [-0.2, -0.15) is 4.98 Å². The summed E-state index contributed by atoms with van der Waals surface area (Å²) >= 11 is 5.89. The second kappa shape index (κ2) is 6.09. The van der Waals surface area contributed by atoms with Crippen molar-refractivity contribution in [3.63, 3.8) is 0 Å². The fourth-order valence-electron chi connectivity index (χ4n) is 1.90. The van der Waals surface area contributed by atoms with Crippen LogP contribution >= 0.6 is 11.6 Å². The second-order valence-electron chi connectivity index (χ2n) is 4.94. The summed E-state index contributed by atoms with van der Waals surface area (Å²) in [6.45, 7) is 4.07. The SMILES string of the molecule is COC(=O)C(CC(C)C)Nc1nc2ccc(Cl)cn2n1. The zero-order valence-electron chi connectivity index (χ0n) is 11.6. The van der Waals surface area contributed by atoms with Crippen molar-refractivity contribution >= 4 is 29.2 Å². The number of methoxy groups -OCH3 is 1. The summed E-state index contributed by atoms with van der Waals surface area (Å²) < 4.78 is 6.36. The van der Waals surface area contributed by atoms with E-state index in [1.165, 1.54) is 7.11 Å². The quantitative estimate of drug-likeness (QED) is 0.858. The van der Waals surface area contributed by atoms with Gasteiger partial charge in [-0.05, 0) is 24.5 Å². The zero-order chi connectivity index (χ0) is 14.7. The highest BCUT2D eigenvalue weighted by molar-refractivity contribution is 6.30. The second-order valence-corrected chi connectivity index (χ2v) is 5.37. The first-order chi connectivity index (χ1) is 9.49. The van der Waals surface area contributed by atoms with Crippen molar-refractivity contribution < 1.29 is 9.53 Å². The normalized spacial score (nSPS) is 12.7. The first-order valence-corrected chi connectivity index (χ1v) is 6.73. The lowest BCUT2D eigenvalue weighted by Gasteiger charge is -2.16. The van der Waals surface area contributed by atoms with E-state index in [0.29, 0.717) is 29.0 Å². The predicted octanol–water partition coefficient (Wildman–Crippen LogP) is 2.38. The van der Waals surface area contributed by atoms with Gasteiger partial charge in [-0.25, -0.2) is 9.31 Å². The molecule has 0 bridgehead atoms. The molecule has 0 aliphatic heterocycles. The van der Waals surface area contributed by atoms with E-state index in [1.54, 1.807) is 22.8 Å². The first kappa shape index (κ1) is 14.6. The van der Waals surface area contributed by atoms with E-state index in [1.807, 2.05) is 13.8 Å². The van der Waals surface area contributed by atoms with Crippen molar-refractivity contribution in [1.82, 2.24) is 14.6 Å². The number of nitrogens with one attached hydrogen (secondary N) is 1. The number of pyridine rings is 1. The zero-order valence-corrected chi connectivity index (χ0v) is 12.4. The van der Waals surface area contributed by atoms with Crippen LogP contribution in [0, 0.1) is 5.92 Å². The van der Waals surface area contributed by atoms with E-state index in [0.717, 1.165) is 0 Å². The molecular weight excluding hydrogens is 280 g/mol. The molecule has 108 valence electrons. The number of anilines is 1. The van der Waals surface area contributed by atoms with E-state index in [2.05, 4.69) is 15.4 Å². The van der Waals surface area contributed by atoms with E-state index in [4.69, 9.17) is 16.3 Å². The summed E-state index contributed by atoms with van der Waals surface area (Å²) in [6, 6.07) is 3.03. The lowest BCUT2D eigenvalue weighted by molar-refractivity contribution is -0.141. The van der Waals surface area contributed by atoms with Gasteiger partial charge in [0.25, 0.3) is 0 Å². The number of carbonyl (C=O) groups is 1. The number of fused-ring (bicyclic) bond motifs is 1. The number of hydrogen-bond acceptors (Lipinski definition) is 5. The Morgan fingerprint density at radius 1 is 1.50 bits per heavy atom. The molecule has 0 amide bonds. The molecule has 0 radical (unpaired) electrons. The van der Waals surface area contributed by atoms with Gasteiger partial charge in [0, 0.05) is 6.20 Å². The highest BCUT2D eigenvalue weighted by Crippen LogP contribution is 2.14. The minimum atomic E-state index is -0.465. The fourth-order valence-corrected chi connectivity index (χ4v) is 2.06. The number of aromatic nitrogens is 3.